The molecule has 6 heteroatoms. The number of fused-ring (bicyclic) bond motifs is 1. The normalized spacial score (nSPS) is 10.7. The topological polar surface area (TPSA) is 85.1 Å². The highest BCUT2D eigenvalue weighted by atomic mass is 16.6. The number of nitro benzene ring substituents is 1. The average molecular weight is 397 g/mol. The Morgan fingerprint density at radius 1 is 0.933 bits per heavy atom. The zero-order valence-electron chi connectivity index (χ0n) is 16.5. The first-order valence-electron chi connectivity index (χ1n) is 9.46. The Morgan fingerprint density at radius 2 is 1.67 bits per heavy atom. The van der Waals surface area contributed by atoms with Gasteiger partial charge in [-0.2, -0.15) is 0 Å². The van der Waals surface area contributed by atoms with Crippen molar-refractivity contribution in [3.05, 3.63) is 99.6 Å². The molecule has 4 rings (SSSR count). The van der Waals surface area contributed by atoms with Crippen LogP contribution in [-0.4, -0.2) is 15.8 Å². The lowest BCUT2D eigenvalue weighted by Gasteiger charge is -2.12. The van der Waals surface area contributed by atoms with Crippen LogP contribution in [0.15, 0.2) is 72.8 Å². The van der Waals surface area contributed by atoms with E-state index < -0.39 is 10.8 Å². The molecule has 0 atom stereocenters. The molecular formula is C24H19N3O3. The standard InChI is InChI=1S/C24H19N3O3/c1-15-11-12-17(13-16(15)2)22-14-19(18-7-3-4-8-20(18)25-22)24(28)26-21-9-5-6-10-23(21)27(29)30/h3-14H,1-2H3,(H,26,28). The predicted molar refractivity (Wildman–Crippen MR) is 118 cm³/mol. The maximum absolute atomic E-state index is 13.1. The number of rotatable bonds is 4. The number of pyridine rings is 1. The van der Waals surface area contributed by atoms with Crippen LogP contribution < -0.4 is 5.32 Å². The summed E-state index contributed by atoms with van der Waals surface area (Å²) < 4.78 is 0. The van der Waals surface area contributed by atoms with Gasteiger partial charge in [-0.3, -0.25) is 14.9 Å². The van der Waals surface area contributed by atoms with E-state index in [0.29, 0.717) is 22.2 Å². The number of aromatic nitrogens is 1. The van der Waals surface area contributed by atoms with Crippen molar-refractivity contribution in [1.29, 1.82) is 0 Å². The minimum absolute atomic E-state index is 0.154. The minimum atomic E-state index is -0.513. The van der Waals surface area contributed by atoms with Gasteiger partial charge in [0.2, 0.25) is 0 Å². The van der Waals surface area contributed by atoms with Crippen molar-refractivity contribution < 1.29 is 9.72 Å². The SMILES string of the molecule is Cc1ccc(-c2cc(C(=O)Nc3ccccc3[N+](=O)[O-])c3ccccc3n2)cc1C. The average Bonchev–Trinajstić information content (AvgIpc) is 2.75. The van der Waals surface area contributed by atoms with E-state index in [2.05, 4.69) is 5.32 Å². The van der Waals surface area contributed by atoms with Gasteiger partial charge >= 0.3 is 0 Å². The van der Waals surface area contributed by atoms with E-state index in [0.717, 1.165) is 11.1 Å². The molecule has 0 saturated heterocycles. The van der Waals surface area contributed by atoms with Gasteiger partial charge in [0.05, 0.1) is 21.7 Å². The molecule has 30 heavy (non-hydrogen) atoms. The third-order valence-corrected chi connectivity index (χ3v) is 5.11. The Balaban J connectivity index is 1.82. The second-order valence-corrected chi connectivity index (χ2v) is 7.10. The molecule has 0 bridgehead atoms. The Kier molecular flexibility index (Phi) is 4.98. The molecule has 3 aromatic carbocycles. The quantitative estimate of drug-likeness (QED) is 0.355. The van der Waals surface area contributed by atoms with Gasteiger partial charge in [0.1, 0.15) is 5.69 Å². The highest BCUT2D eigenvalue weighted by molar-refractivity contribution is 6.13. The maximum Gasteiger partial charge on any atom is 0.292 e. The van der Waals surface area contributed by atoms with Crippen molar-refractivity contribution in [3.8, 4) is 11.3 Å². The number of hydrogen-bond donors (Lipinski definition) is 1. The number of benzene rings is 3. The molecule has 0 aliphatic carbocycles. The molecule has 4 aromatic rings. The van der Waals surface area contributed by atoms with E-state index in [9.17, 15) is 14.9 Å². The second kappa shape index (κ2) is 7.75. The first-order chi connectivity index (χ1) is 14.4. The monoisotopic (exact) mass is 397 g/mol. The molecule has 0 fully saturated rings. The van der Waals surface area contributed by atoms with Crippen LogP contribution in [0.25, 0.3) is 22.2 Å². The molecule has 1 N–H and O–H groups in total. The maximum atomic E-state index is 13.1. The number of amides is 1. The summed E-state index contributed by atoms with van der Waals surface area (Å²) in [6.45, 7) is 4.07. The van der Waals surface area contributed by atoms with Crippen LogP contribution >= 0.6 is 0 Å². The largest absolute Gasteiger partial charge is 0.316 e. The van der Waals surface area contributed by atoms with Crippen molar-refractivity contribution in [2.45, 2.75) is 13.8 Å². The van der Waals surface area contributed by atoms with Crippen LogP contribution in [0.4, 0.5) is 11.4 Å². The van der Waals surface area contributed by atoms with Crippen molar-refractivity contribution in [2.24, 2.45) is 0 Å². The van der Waals surface area contributed by atoms with Gasteiger partial charge in [-0.05, 0) is 49.2 Å². The molecule has 0 aliphatic rings. The van der Waals surface area contributed by atoms with Crippen LogP contribution in [0.5, 0.6) is 0 Å². The number of nitrogens with one attached hydrogen (secondary N) is 1. The molecule has 6 nitrogen and oxygen atoms in total. The predicted octanol–water partition coefficient (Wildman–Crippen LogP) is 5.68. The van der Waals surface area contributed by atoms with Crippen LogP contribution in [0.3, 0.4) is 0 Å². The summed E-state index contributed by atoms with van der Waals surface area (Å²) in [4.78, 5) is 28.7. The molecule has 0 aliphatic heterocycles. The molecule has 1 heterocycles. The fourth-order valence-electron chi connectivity index (χ4n) is 3.34. The number of carbonyl (C=O) groups is 1. The molecule has 0 saturated carbocycles. The number of carbonyl (C=O) groups excluding carboxylic acids is 1. The van der Waals surface area contributed by atoms with E-state index in [4.69, 9.17) is 4.98 Å². The molecule has 1 amide bonds. The molecule has 148 valence electrons. The van der Waals surface area contributed by atoms with Crippen molar-refractivity contribution in [2.75, 3.05) is 5.32 Å². The Hall–Kier alpha value is -4.06. The van der Waals surface area contributed by atoms with Gasteiger partial charge in [0.15, 0.2) is 0 Å². The second-order valence-electron chi connectivity index (χ2n) is 7.10. The highest BCUT2D eigenvalue weighted by Gasteiger charge is 2.19. The van der Waals surface area contributed by atoms with Crippen molar-refractivity contribution >= 4 is 28.2 Å². The molecule has 0 spiro atoms. The number of para-hydroxylation sites is 3. The Morgan fingerprint density at radius 3 is 2.43 bits per heavy atom. The van der Waals surface area contributed by atoms with E-state index in [1.807, 2.05) is 56.3 Å². The van der Waals surface area contributed by atoms with Gasteiger partial charge in [-0.1, -0.05) is 42.5 Å². The van der Waals surface area contributed by atoms with Crippen molar-refractivity contribution in [1.82, 2.24) is 4.98 Å². The minimum Gasteiger partial charge on any atom is -0.316 e. The highest BCUT2D eigenvalue weighted by Crippen LogP contribution is 2.28. The van der Waals surface area contributed by atoms with Gasteiger partial charge in [-0.25, -0.2) is 4.98 Å². The summed E-state index contributed by atoms with van der Waals surface area (Å²) in [5.74, 6) is -0.423. The summed E-state index contributed by atoms with van der Waals surface area (Å²) in [7, 11) is 0. The van der Waals surface area contributed by atoms with E-state index >= 15 is 0 Å². The van der Waals surface area contributed by atoms with Crippen molar-refractivity contribution in [3.63, 3.8) is 0 Å². The molecule has 1 aromatic heterocycles. The van der Waals surface area contributed by atoms with Gasteiger partial charge in [0, 0.05) is 17.0 Å². The van der Waals surface area contributed by atoms with Gasteiger partial charge in [0.25, 0.3) is 11.6 Å². The summed E-state index contributed by atoms with van der Waals surface area (Å²) in [6, 6.07) is 21.2. The first-order valence-corrected chi connectivity index (χ1v) is 9.46. The van der Waals surface area contributed by atoms with E-state index in [1.165, 1.54) is 17.7 Å². The van der Waals surface area contributed by atoms with E-state index in [-0.39, 0.29) is 11.4 Å². The zero-order chi connectivity index (χ0) is 21.3. The van der Waals surface area contributed by atoms with Gasteiger partial charge < -0.3 is 5.32 Å². The van der Waals surface area contributed by atoms with Crippen LogP contribution in [0, 0.1) is 24.0 Å². The van der Waals surface area contributed by atoms with E-state index in [1.54, 1.807) is 18.2 Å². The van der Waals surface area contributed by atoms with Gasteiger partial charge in [-0.15, -0.1) is 0 Å². The Labute approximate surface area is 173 Å². The Bertz CT molecular complexity index is 1300. The van der Waals surface area contributed by atoms with Crippen LogP contribution in [-0.2, 0) is 0 Å². The lowest BCUT2D eigenvalue weighted by atomic mass is 10.0. The fourth-order valence-corrected chi connectivity index (χ4v) is 3.34. The molecule has 0 unspecified atom stereocenters. The lowest BCUT2D eigenvalue weighted by Crippen LogP contribution is -2.14. The van der Waals surface area contributed by atoms with Crippen LogP contribution in [0.2, 0.25) is 0 Å². The number of aryl methyl sites for hydroxylation is 2. The lowest BCUT2D eigenvalue weighted by molar-refractivity contribution is -0.383. The molecular weight excluding hydrogens is 378 g/mol. The zero-order valence-corrected chi connectivity index (χ0v) is 16.5. The fraction of sp³-hybridized carbons (Fsp3) is 0.0833. The third kappa shape index (κ3) is 3.63. The first kappa shape index (κ1) is 19.3. The summed E-state index contributed by atoms with van der Waals surface area (Å²) in [5.41, 5.74) is 4.98. The smallest absolute Gasteiger partial charge is 0.292 e. The molecule has 0 radical (unpaired) electrons. The summed E-state index contributed by atoms with van der Waals surface area (Å²) >= 11 is 0. The third-order valence-electron chi connectivity index (χ3n) is 5.11. The number of nitro groups is 1. The summed E-state index contributed by atoms with van der Waals surface area (Å²) in [5, 5.41) is 14.7. The number of anilines is 1. The summed E-state index contributed by atoms with van der Waals surface area (Å²) in [6.07, 6.45) is 0. The van der Waals surface area contributed by atoms with Crippen LogP contribution in [0.1, 0.15) is 21.5 Å². The number of nitrogens with zero attached hydrogens (tertiary/aromatic N) is 2. The number of hydrogen-bond acceptors (Lipinski definition) is 4.